The minimum atomic E-state index is -0.274. The van der Waals surface area contributed by atoms with Gasteiger partial charge in [-0.3, -0.25) is 9.47 Å². The molecule has 0 spiro atoms. The molecule has 0 saturated heterocycles. The van der Waals surface area contributed by atoms with Gasteiger partial charge in [0.2, 0.25) is 0 Å². The minimum absolute atomic E-state index is 0.274. The van der Waals surface area contributed by atoms with Crippen molar-refractivity contribution < 1.29 is 9.13 Å². The van der Waals surface area contributed by atoms with Crippen LogP contribution in [0, 0.1) is 5.82 Å². The number of nitrogens with zero attached hydrogens (tertiary/aromatic N) is 3. The van der Waals surface area contributed by atoms with E-state index in [1.54, 1.807) is 0 Å². The predicted molar refractivity (Wildman–Crippen MR) is 202 cm³/mol. The number of halogens is 1. The molecule has 0 amide bonds. The van der Waals surface area contributed by atoms with Crippen molar-refractivity contribution in [3.8, 4) is 17.2 Å². The molecular formula is C45H32FN3O. The molecule has 240 valence electrons. The Morgan fingerprint density at radius 3 is 1.78 bits per heavy atom. The number of rotatable bonds is 7. The lowest BCUT2D eigenvalue weighted by Gasteiger charge is -2.34. The summed E-state index contributed by atoms with van der Waals surface area (Å²) in [5.41, 5.74) is 9.83. The number of benzene rings is 7. The highest BCUT2D eigenvalue weighted by Crippen LogP contribution is 2.49. The number of fused-ring (bicyclic) bond motifs is 4. The van der Waals surface area contributed by atoms with Gasteiger partial charge in [-0.25, -0.2) is 4.39 Å². The highest BCUT2D eigenvalue weighted by Gasteiger charge is 2.31. The molecule has 0 N–H and O–H groups in total. The van der Waals surface area contributed by atoms with Crippen LogP contribution in [0.2, 0.25) is 0 Å². The van der Waals surface area contributed by atoms with Crippen LogP contribution in [0.3, 0.4) is 0 Å². The van der Waals surface area contributed by atoms with Crippen LogP contribution in [0.15, 0.2) is 182 Å². The lowest BCUT2D eigenvalue weighted by atomic mass is 9.96. The van der Waals surface area contributed by atoms with Crippen LogP contribution in [0.25, 0.3) is 16.6 Å². The third kappa shape index (κ3) is 5.26. The smallest absolute Gasteiger partial charge is 0.127 e. The van der Waals surface area contributed by atoms with Gasteiger partial charge in [0.25, 0.3) is 0 Å². The number of anilines is 6. The van der Waals surface area contributed by atoms with E-state index in [-0.39, 0.29) is 5.82 Å². The second kappa shape index (κ2) is 12.5. The maximum atomic E-state index is 14.1. The molecule has 0 atom stereocenters. The summed E-state index contributed by atoms with van der Waals surface area (Å²) >= 11 is 0. The van der Waals surface area contributed by atoms with E-state index in [4.69, 9.17) is 4.74 Å². The molecule has 7 aromatic carbocycles. The molecule has 0 unspecified atom stereocenters. The van der Waals surface area contributed by atoms with Gasteiger partial charge in [0.05, 0.1) is 11.2 Å². The number of hydrogen-bond donors (Lipinski definition) is 0. The van der Waals surface area contributed by atoms with Gasteiger partial charge in [-0.05, 0) is 115 Å². The van der Waals surface area contributed by atoms with E-state index < -0.39 is 0 Å². The maximum absolute atomic E-state index is 14.1. The van der Waals surface area contributed by atoms with Gasteiger partial charge in [0.15, 0.2) is 0 Å². The van der Waals surface area contributed by atoms with Gasteiger partial charge in [-0.1, -0.05) is 72.8 Å². The van der Waals surface area contributed by atoms with Gasteiger partial charge in [0, 0.05) is 45.8 Å². The SMILES string of the molecule is Fc1ccc(N(c2ccc(Oc3ccccc3)cc2)c2ccc(N3c4ccccc4Cc4c3n(-c3ccccc3)c3ccccc43)cc2)cc1. The molecule has 0 fully saturated rings. The largest absolute Gasteiger partial charge is 0.457 e. The summed E-state index contributed by atoms with van der Waals surface area (Å²) < 4.78 is 22.6. The Morgan fingerprint density at radius 1 is 0.500 bits per heavy atom. The van der Waals surface area contributed by atoms with Crippen molar-refractivity contribution in [2.75, 3.05) is 9.80 Å². The molecule has 9 rings (SSSR count). The molecule has 1 aliphatic rings. The third-order valence-corrected chi connectivity index (χ3v) is 9.30. The monoisotopic (exact) mass is 649 g/mol. The molecule has 50 heavy (non-hydrogen) atoms. The summed E-state index contributed by atoms with van der Waals surface area (Å²) in [7, 11) is 0. The third-order valence-electron chi connectivity index (χ3n) is 9.30. The highest BCUT2D eigenvalue weighted by molar-refractivity contribution is 5.98. The summed E-state index contributed by atoms with van der Waals surface area (Å²) in [6.45, 7) is 0. The quantitative estimate of drug-likeness (QED) is 0.171. The second-order valence-corrected chi connectivity index (χ2v) is 12.4. The fraction of sp³-hybridized carbons (Fsp3) is 0.0222. The van der Waals surface area contributed by atoms with Crippen molar-refractivity contribution in [1.82, 2.24) is 4.57 Å². The van der Waals surface area contributed by atoms with Crippen molar-refractivity contribution in [2.24, 2.45) is 0 Å². The fourth-order valence-electron chi connectivity index (χ4n) is 7.06. The van der Waals surface area contributed by atoms with Crippen molar-refractivity contribution in [1.29, 1.82) is 0 Å². The summed E-state index contributed by atoms with van der Waals surface area (Å²) in [6.07, 6.45) is 0.850. The maximum Gasteiger partial charge on any atom is 0.127 e. The normalized spacial score (nSPS) is 12.0. The lowest BCUT2D eigenvalue weighted by Crippen LogP contribution is -2.21. The van der Waals surface area contributed by atoms with Crippen molar-refractivity contribution in [3.63, 3.8) is 0 Å². The first kappa shape index (κ1) is 29.5. The number of para-hydroxylation sites is 4. The zero-order valence-corrected chi connectivity index (χ0v) is 27.2. The lowest BCUT2D eigenvalue weighted by molar-refractivity contribution is 0.483. The number of ether oxygens (including phenoxy) is 1. The Labute approximate surface area is 290 Å². The van der Waals surface area contributed by atoms with E-state index in [9.17, 15) is 4.39 Å². The van der Waals surface area contributed by atoms with Crippen LogP contribution in [0.1, 0.15) is 11.1 Å². The standard InChI is InChI=1S/C45H32FN3O/c46-33-19-21-35(22-20-33)47(37-27-29-40(30-28-37)50-39-14-5-2-6-15-39)36-23-25-38(26-24-36)48-43-17-9-7-11-32(43)31-42-41-16-8-10-18-44(41)49(45(42)48)34-12-3-1-4-13-34/h1-30H,31H2. The van der Waals surface area contributed by atoms with E-state index in [1.807, 2.05) is 66.7 Å². The molecule has 1 aromatic heterocycles. The summed E-state index contributed by atoms with van der Waals surface area (Å²) in [6, 6.07) is 60.9. The molecule has 1 aliphatic heterocycles. The molecule has 2 heterocycles. The van der Waals surface area contributed by atoms with Gasteiger partial charge in [0.1, 0.15) is 23.1 Å². The molecule has 4 nitrogen and oxygen atoms in total. The molecular weight excluding hydrogens is 618 g/mol. The van der Waals surface area contributed by atoms with Crippen LogP contribution in [0.5, 0.6) is 11.5 Å². The molecule has 0 radical (unpaired) electrons. The van der Waals surface area contributed by atoms with E-state index >= 15 is 0 Å². The van der Waals surface area contributed by atoms with Gasteiger partial charge < -0.3 is 9.64 Å². The highest BCUT2D eigenvalue weighted by atomic mass is 19.1. The average Bonchev–Trinajstić information content (AvgIpc) is 3.50. The second-order valence-electron chi connectivity index (χ2n) is 12.4. The van der Waals surface area contributed by atoms with Crippen LogP contribution in [-0.4, -0.2) is 4.57 Å². The zero-order valence-electron chi connectivity index (χ0n) is 27.2. The summed E-state index contributed by atoms with van der Waals surface area (Å²) in [4.78, 5) is 4.52. The zero-order chi connectivity index (χ0) is 33.4. The van der Waals surface area contributed by atoms with E-state index in [0.29, 0.717) is 0 Å². The van der Waals surface area contributed by atoms with Crippen molar-refractivity contribution in [2.45, 2.75) is 6.42 Å². The van der Waals surface area contributed by atoms with E-state index in [1.165, 1.54) is 34.2 Å². The van der Waals surface area contributed by atoms with E-state index in [0.717, 1.165) is 57.9 Å². The first-order valence-electron chi connectivity index (χ1n) is 16.8. The number of hydrogen-bond acceptors (Lipinski definition) is 3. The van der Waals surface area contributed by atoms with Crippen molar-refractivity contribution in [3.05, 3.63) is 199 Å². The van der Waals surface area contributed by atoms with Gasteiger partial charge in [-0.15, -0.1) is 0 Å². The molecule has 5 heteroatoms. The van der Waals surface area contributed by atoms with Crippen LogP contribution in [-0.2, 0) is 6.42 Å². The Bertz CT molecular complexity index is 2420. The summed E-state index contributed by atoms with van der Waals surface area (Å²) in [5.74, 6) is 2.39. The molecule has 0 saturated carbocycles. The molecule has 0 aliphatic carbocycles. The Balaban J connectivity index is 1.15. The van der Waals surface area contributed by atoms with Crippen LogP contribution in [0.4, 0.5) is 38.6 Å². The van der Waals surface area contributed by atoms with Gasteiger partial charge >= 0.3 is 0 Å². The predicted octanol–water partition coefficient (Wildman–Crippen LogP) is 12.4. The first-order chi connectivity index (χ1) is 24.7. The summed E-state index contributed by atoms with van der Waals surface area (Å²) in [5, 5.41) is 1.25. The molecule has 8 aromatic rings. The number of aromatic nitrogens is 1. The minimum Gasteiger partial charge on any atom is -0.457 e. The van der Waals surface area contributed by atoms with Crippen LogP contribution >= 0.6 is 0 Å². The van der Waals surface area contributed by atoms with Crippen molar-refractivity contribution >= 4 is 45.2 Å². The topological polar surface area (TPSA) is 20.6 Å². The van der Waals surface area contributed by atoms with Gasteiger partial charge in [-0.2, -0.15) is 0 Å². The first-order valence-corrected chi connectivity index (χ1v) is 16.8. The average molecular weight is 650 g/mol. The molecule has 0 bridgehead atoms. The van der Waals surface area contributed by atoms with E-state index in [2.05, 4.69) is 117 Å². The van der Waals surface area contributed by atoms with Crippen LogP contribution < -0.4 is 14.5 Å². The Kier molecular flexibility index (Phi) is 7.36. The fourth-order valence-corrected chi connectivity index (χ4v) is 7.06. The Hall–Kier alpha value is -6.59. The Morgan fingerprint density at radius 2 is 1.06 bits per heavy atom.